The quantitative estimate of drug-likeness (QED) is 0.812. The predicted molar refractivity (Wildman–Crippen MR) is 65.4 cm³/mol. The largest absolute Gasteiger partial charge is 0.493 e. The monoisotopic (exact) mass is 236 g/mol. The molecule has 4 heteroatoms. The fourth-order valence-electron chi connectivity index (χ4n) is 3.30. The van der Waals surface area contributed by atoms with Crippen LogP contribution >= 0.6 is 0 Å². The highest BCUT2D eigenvalue weighted by molar-refractivity contribution is 5.23. The van der Waals surface area contributed by atoms with Crippen LogP contribution in [0.5, 0.6) is 5.88 Å². The Morgan fingerprint density at radius 2 is 1.82 bits per heavy atom. The van der Waals surface area contributed by atoms with Crippen LogP contribution in [0.15, 0.2) is 4.79 Å². The van der Waals surface area contributed by atoms with Crippen LogP contribution in [0.4, 0.5) is 0 Å². The Kier molecular flexibility index (Phi) is 2.73. The molecule has 1 aliphatic carbocycles. The molecule has 1 aliphatic heterocycles. The Hall–Kier alpha value is -1.19. The second kappa shape index (κ2) is 4.24. The van der Waals surface area contributed by atoms with Crippen molar-refractivity contribution >= 4 is 0 Å². The molecule has 3 rings (SSSR count). The minimum Gasteiger partial charge on any atom is -0.493 e. The summed E-state index contributed by atoms with van der Waals surface area (Å²) in [5, 5.41) is 10.2. The normalized spacial score (nSPS) is 21.4. The Balaban J connectivity index is 2.04. The van der Waals surface area contributed by atoms with E-state index < -0.39 is 0 Å². The highest BCUT2D eigenvalue weighted by atomic mass is 16.3. The fourth-order valence-corrected chi connectivity index (χ4v) is 3.30. The van der Waals surface area contributed by atoms with E-state index in [9.17, 15) is 9.90 Å². The van der Waals surface area contributed by atoms with Crippen molar-refractivity contribution in [3.8, 4) is 5.88 Å². The van der Waals surface area contributed by atoms with E-state index in [1.165, 1.54) is 19.3 Å². The van der Waals surface area contributed by atoms with Crippen LogP contribution in [0.2, 0.25) is 0 Å². The van der Waals surface area contributed by atoms with Gasteiger partial charge in [-0.2, -0.15) is 0 Å². The molecule has 0 unspecified atom stereocenters. The predicted octanol–water partition coefficient (Wildman–Crippen LogP) is 2.20. The molecule has 1 saturated carbocycles. The molecule has 1 aromatic rings. The number of aromatic nitrogens is 2. The van der Waals surface area contributed by atoms with Gasteiger partial charge >= 0.3 is 5.69 Å². The van der Waals surface area contributed by atoms with Gasteiger partial charge in [0.2, 0.25) is 5.88 Å². The molecule has 0 saturated heterocycles. The minimum atomic E-state index is 0.0177. The number of rotatable bonds is 1. The summed E-state index contributed by atoms with van der Waals surface area (Å²) in [5.41, 5.74) is 0.885. The van der Waals surface area contributed by atoms with Crippen molar-refractivity contribution < 1.29 is 5.11 Å². The lowest BCUT2D eigenvalue weighted by Gasteiger charge is -2.22. The summed E-state index contributed by atoms with van der Waals surface area (Å²) in [4.78, 5) is 12.3. The maximum Gasteiger partial charge on any atom is 0.331 e. The Morgan fingerprint density at radius 1 is 1.06 bits per heavy atom. The van der Waals surface area contributed by atoms with E-state index in [-0.39, 0.29) is 17.6 Å². The van der Waals surface area contributed by atoms with E-state index in [0.29, 0.717) is 0 Å². The molecule has 17 heavy (non-hydrogen) atoms. The third-order valence-electron chi connectivity index (χ3n) is 4.23. The molecule has 4 nitrogen and oxygen atoms in total. The summed E-state index contributed by atoms with van der Waals surface area (Å²) < 4.78 is 3.45. The van der Waals surface area contributed by atoms with Gasteiger partial charge in [-0.15, -0.1) is 0 Å². The van der Waals surface area contributed by atoms with Crippen molar-refractivity contribution in [3.63, 3.8) is 0 Å². The van der Waals surface area contributed by atoms with Gasteiger partial charge < -0.3 is 5.11 Å². The van der Waals surface area contributed by atoms with E-state index in [2.05, 4.69) is 0 Å². The number of hydrogen-bond donors (Lipinski definition) is 1. The molecular weight excluding hydrogens is 216 g/mol. The summed E-state index contributed by atoms with van der Waals surface area (Å²) in [6, 6.07) is 0.231. The van der Waals surface area contributed by atoms with E-state index in [0.717, 1.165) is 44.3 Å². The Morgan fingerprint density at radius 3 is 2.53 bits per heavy atom. The molecule has 1 aromatic heterocycles. The lowest BCUT2D eigenvalue weighted by molar-refractivity contribution is 0.306. The van der Waals surface area contributed by atoms with Crippen molar-refractivity contribution in [2.45, 2.75) is 64.0 Å². The maximum absolute atomic E-state index is 12.3. The second-order valence-electron chi connectivity index (χ2n) is 5.32. The first kappa shape index (κ1) is 10.9. The smallest absolute Gasteiger partial charge is 0.331 e. The third-order valence-corrected chi connectivity index (χ3v) is 4.23. The van der Waals surface area contributed by atoms with Gasteiger partial charge in [-0.05, 0) is 32.1 Å². The molecule has 0 radical (unpaired) electrons. The fraction of sp³-hybridized carbons (Fsp3) is 0.769. The molecule has 0 amide bonds. The molecule has 1 N–H and O–H groups in total. The van der Waals surface area contributed by atoms with Gasteiger partial charge in [0.1, 0.15) is 0 Å². The zero-order valence-electron chi connectivity index (χ0n) is 10.2. The molecule has 1 fully saturated rings. The average molecular weight is 236 g/mol. The first-order chi connectivity index (χ1) is 8.29. The summed E-state index contributed by atoms with van der Waals surface area (Å²) in [5.74, 6) is 0.251. The summed E-state index contributed by atoms with van der Waals surface area (Å²) in [7, 11) is 0. The number of fused-ring (bicyclic) bond motifs is 1. The lowest BCUT2D eigenvalue weighted by Crippen LogP contribution is -2.29. The van der Waals surface area contributed by atoms with E-state index in [4.69, 9.17) is 0 Å². The number of imidazole rings is 1. The van der Waals surface area contributed by atoms with Crippen LogP contribution < -0.4 is 5.69 Å². The summed E-state index contributed by atoms with van der Waals surface area (Å²) >= 11 is 0. The van der Waals surface area contributed by atoms with Crippen molar-refractivity contribution in [1.82, 2.24) is 9.13 Å². The van der Waals surface area contributed by atoms with Crippen LogP contribution in [0, 0.1) is 0 Å². The van der Waals surface area contributed by atoms with Crippen molar-refractivity contribution in [2.75, 3.05) is 0 Å². The van der Waals surface area contributed by atoms with Crippen LogP contribution in [-0.4, -0.2) is 14.2 Å². The zero-order valence-corrected chi connectivity index (χ0v) is 10.2. The van der Waals surface area contributed by atoms with Crippen LogP contribution in [0.1, 0.15) is 56.7 Å². The second-order valence-corrected chi connectivity index (χ2v) is 5.32. The summed E-state index contributed by atoms with van der Waals surface area (Å²) in [6.45, 7) is 0.779. The van der Waals surface area contributed by atoms with Crippen molar-refractivity contribution in [2.24, 2.45) is 0 Å². The number of hydrogen-bond acceptors (Lipinski definition) is 2. The van der Waals surface area contributed by atoms with Gasteiger partial charge in [0.15, 0.2) is 0 Å². The van der Waals surface area contributed by atoms with Crippen molar-refractivity contribution in [3.05, 3.63) is 16.2 Å². The van der Waals surface area contributed by atoms with Crippen LogP contribution in [-0.2, 0) is 13.0 Å². The number of aromatic hydroxyl groups is 1. The van der Waals surface area contributed by atoms with E-state index >= 15 is 0 Å². The molecule has 0 spiro atoms. The van der Waals surface area contributed by atoms with Crippen molar-refractivity contribution in [1.29, 1.82) is 0 Å². The van der Waals surface area contributed by atoms with Gasteiger partial charge in [0.05, 0.1) is 5.69 Å². The minimum absolute atomic E-state index is 0.0177. The summed E-state index contributed by atoms with van der Waals surface area (Å²) in [6.07, 6.45) is 8.69. The molecule has 2 heterocycles. The zero-order chi connectivity index (χ0) is 11.8. The van der Waals surface area contributed by atoms with E-state index in [1.54, 1.807) is 9.13 Å². The third kappa shape index (κ3) is 1.70. The molecule has 94 valence electrons. The van der Waals surface area contributed by atoms with Crippen LogP contribution in [0.3, 0.4) is 0 Å². The molecule has 0 atom stereocenters. The lowest BCUT2D eigenvalue weighted by atomic mass is 9.95. The Bertz CT molecular complexity index is 466. The Labute approximate surface area is 101 Å². The number of nitrogens with zero attached hydrogens (tertiary/aromatic N) is 2. The SMILES string of the molecule is O=c1n2c(c(O)n1C1CCCCC1)CCCC2. The molecular formula is C13H20N2O2. The molecule has 0 aromatic carbocycles. The van der Waals surface area contributed by atoms with Gasteiger partial charge in [-0.1, -0.05) is 19.3 Å². The molecule has 0 bridgehead atoms. The van der Waals surface area contributed by atoms with Gasteiger partial charge in [-0.25, -0.2) is 4.79 Å². The van der Waals surface area contributed by atoms with Gasteiger partial charge in [0, 0.05) is 12.6 Å². The van der Waals surface area contributed by atoms with E-state index in [1.807, 2.05) is 0 Å². The first-order valence-electron chi connectivity index (χ1n) is 6.82. The standard InChI is InChI=1S/C13H20N2O2/c16-12-11-8-4-5-9-14(11)13(17)15(12)10-6-2-1-3-7-10/h10,16H,1-9H2. The van der Waals surface area contributed by atoms with Crippen LogP contribution in [0.25, 0.3) is 0 Å². The maximum atomic E-state index is 12.3. The highest BCUT2D eigenvalue weighted by Crippen LogP contribution is 2.32. The van der Waals surface area contributed by atoms with Gasteiger partial charge in [-0.3, -0.25) is 9.13 Å². The first-order valence-corrected chi connectivity index (χ1v) is 6.82. The molecule has 2 aliphatic rings. The van der Waals surface area contributed by atoms with Gasteiger partial charge in [0.25, 0.3) is 0 Å². The average Bonchev–Trinajstić information content (AvgIpc) is 2.64. The topological polar surface area (TPSA) is 47.2 Å². The highest BCUT2D eigenvalue weighted by Gasteiger charge is 2.27.